The van der Waals surface area contributed by atoms with Gasteiger partial charge in [-0.3, -0.25) is 9.78 Å². The number of ether oxygens (including phenoxy) is 2. The normalized spacial score (nSPS) is 16.3. The molecule has 0 aliphatic carbocycles. The highest BCUT2D eigenvalue weighted by Gasteiger charge is 2.41. The predicted molar refractivity (Wildman–Crippen MR) is 150 cm³/mol. The summed E-state index contributed by atoms with van der Waals surface area (Å²) in [6.07, 6.45) is 3.54. The van der Waals surface area contributed by atoms with Crippen LogP contribution >= 0.6 is 11.8 Å². The summed E-state index contributed by atoms with van der Waals surface area (Å²) in [5.74, 6) is 0.0682. The summed E-state index contributed by atoms with van der Waals surface area (Å²) in [6, 6.07) is 20.8. The van der Waals surface area contributed by atoms with Crippen LogP contribution in [0.2, 0.25) is 0 Å². The Kier molecular flexibility index (Phi) is 8.07. The first-order chi connectivity index (χ1) is 19.0. The van der Waals surface area contributed by atoms with Crippen LogP contribution in [0.15, 0.2) is 106 Å². The number of hydrogen-bond acceptors (Lipinski definition) is 8. The fourth-order valence-corrected chi connectivity index (χ4v) is 5.47. The van der Waals surface area contributed by atoms with Gasteiger partial charge in [-0.2, -0.15) is 0 Å². The zero-order valence-corrected chi connectivity index (χ0v) is 22.5. The lowest BCUT2D eigenvalue weighted by atomic mass is 9.93. The molecule has 2 aliphatic heterocycles. The second kappa shape index (κ2) is 12.0. The van der Waals surface area contributed by atoms with Crippen molar-refractivity contribution in [3.63, 3.8) is 0 Å². The number of amidine groups is 1. The van der Waals surface area contributed by atoms with E-state index in [-0.39, 0.29) is 12.3 Å². The van der Waals surface area contributed by atoms with Gasteiger partial charge in [-0.05, 0) is 47.2 Å². The molecule has 2 aliphatic rings. The van der Waals surface area contributed by atoms with E-state index in [1.54, 1.807) is 19.3 Å². The van der Waals surface area contributed by atoms with Gasteiger partial charge in [0.1, 0.15) is 12.4 Å². The molecule has 1 aromatic heterocycles. The Labute approximate surface area is 231 Å². The molecule has 9 heteroatoms. The van der Waals surface area contributed by atoms with Gasteiger partial charge in [0.05, 0.1) is 30.8 Å². The summed E-state index contributed by atoms with van der Waals surface area (Å²) in [5, 5.41) is 5.57. The van der Waals surface area contributed by atoms with Crippen LogP contribution in [-0.4, -0.2) is 34.0 Å². The maximum Gasteiger partial charge on any atom is 0.338 e. The molecular formula is C30H28N4O4S. The fourth-order valence-electron chi connectivity index (χ4n) is 4.50. The summed E-state index contributed by atoms with van der Waals surface area (Å²) < 4.78 is 11.2. The van der Waals surface area contributed by atoms with Crippen LogP contribution in [0.3, 0.4) is 0 Å². The summed E-state index contributed by atoms with van der Waals surface area (Å²) in [6.45, 7) is 2.60. The number of aliphatic imine (C=N–C) groups is 1. The van der Waals surface area contributed by atoms with Crippen molar-refractivity contribution in [1.82, 2.24) is 15.2 Å². The van der Waals surface area contributed by atoms with Gasteiger partial charge in [-0.1, -0.05) is 60.3 Å². The number of nitrogens with zero attached hydrogens (tertiary/aromatic N) is 3. The molecule has 0 radical (unpaired) electrons. The van der Waals surface area contributed by atoms with Gasteiger partial charge in [0.15, 0.2) is 5.17 Å². The molecular weight excluding hydrogens is 512 g/mol. The number of carbonyl (C=O) groups is 2. The minimum atomic E-state index is -0.530. The number of benzene rings is 2. The number of carbonyl (C=O) groups excluding carboxylic acids is 2. The Morgan fingerprint density at radius 1 is 1.05 bits per heavy atom. The van der Waals surface area contributed by atoms with Gasteiger partial charge in [0, 0.05) is 24.6 Å². The SMILES string of the molecule is COC(=O)C1=C(C)N=C2SC=C(CC(=O)NCc3cccnc3)N2C1c1cccc(OCc2ccccc2)c1. The van der Waals surface area contributed by atoms with Gasteiger partial charge < -0.3 is 19.7 Å². The molecule has 0 bridgehead atoms. The molecule has 39 heavy (non-hydrogen) atoms. The van der Waals surface area contributed by atoms with E-state index in [9.17, 15) is 9.59 Å². The van der Waals surface area contributed by atoms with Gasteiger partial charge in [-0.25, -0.2) is 9.79 Å². The summed E-state index contributed by atoms with van der Waals surface area (Å²) in [7, 11) is 1.36. The lowest BCUT2D eigenvalue weighted by molar-refractivity contribution is -0.136. The van der Waals surface area contributed by atoms with E-state index >= 15 is 0 Å². The first kappa shape index (κ1) is 26.2. The second-order valence-corrected chi connectivity index (χ2v) is 9.88. The highest BCUT2D eigenvalue weighted by molar-refractivity contribution is 8.16. The molecule has 0 spiro atoms. The molecule has 8 nitrogen and oxygen atoms in total. The monoisotopic (exact) mass is 540 g/mol. The molecule has 1 amide bonds. The Morgan fingerprint density at radius 3 is 2.64 bits per heavy atom. The van der Waals surface area contributed by atoms with Gasteiger partial charge >= 0.3 is 5.97 Å². The maximum atomic E-state index is 13.0. The van der Waals surface area contributed by atoms with Crippen molar-refractivity contribution in [2.24, 2.45) is 4.99 Å². The van der Waals surface area contributed by atoms with Crippen molar-refractivity contribution in [2.45, 2.75) is 32.5 Å². The predicted octanol–water partition coefficient (Wildman–Crippen LogP) is 5.12. The molecule has 0 saturated carbocycles. The van der Waals surface area contributed by atoms with E-state index in [1.807, 2.05) is 77.0 Å². The Bertz CT molecular complexity index is 1450. The third-order valence-electron chi connectivity index (χ3n) is 6.38. The summed E-state index contributed by atoms with van der Waals surface area (Å²) >= 11 is 1.43. The molecule has 0 fully saturated rings. The summed E-state index contributed by atoms with van der Waals surface area (Å²) in [4.78, 5) is 36.7. The topological polar surface area (TPSA) is 93.1 Å². The van der Waals surface area contributed by atoms with E-state index in [0.717, 1.165) is 22.4 Å². The first-order valence-electron chi connectivity index (χ1n) is 12.5. The summed E-state index contributed by atoms with van der Waals surface area (Å²) in [5.41, 5.74) is 4.55. The third-order valence-corrected chi connectivity index (χ3v) is 7.27. The number of hydrogen-bond donors (Lipinski definition) is 1. The van der Waals surface area contributed by atoms with Crippen LogP contribution < -0.4 is 10.1 Å². The quantitative estimate of drug-likeness (QED) is 0.377. The molecule has 3 aromatic rings. The lowest BCUT2D eigenvalue weighted by Gasteiger charge is -2.36. The minimum Gasteiger partial charge on any atom is -0.489 e. The number of thioether (sulfide) groups is 1. The average molecular weight is 541 g/mol. The number of rotatable bonds is 9. The average Bonchev–Trinajstić information content (AvgIpc) is 3.36. The van der Waals surface area contributed by atoms with Crippen LogP contribution in [0.5, 0.6) is 5.75 Å². The van der Waals surface area contributed by atoms with Crippen molar-refractivity contribution in [2.75, 3.05) is 7.11 Å². The number of allylic oxidation sites excluding steroid dienone is 1. The Morgan fingerprint density at radius 2 is 1.87 bits per heavy atom. The van der Waals surface area contributed by atoms with Gasteiger partial charge in [0.2, 0.25) is 5.91 Å². The number of aromatic nitrogens is 1. The highest BCUT2D eigenvalue weighted by atomic mass is 32.2. The van der Waals surface area contributed by atoms with E-state index in [2.05, 4.69) is 15.3 Å². The van der Waals surface area contributed by atoms with E-state index < -0.39 is 12.0 Å². The van der Waals surface area contributed by atoms with E-state index in [1.165, 1.54) is 18.9 Å². The van der Waals surface area contributed by atoms with Gasteiger partial charge in [0.25, 0.3) is 0 Å². The number of esters is 1. The van der Waals surface area contributed by atoms with Crippen LogP contribution in [0, 0.1) is 0 Å². The molecule has 2 aromatic carbocycles. The molecule has 5 rings (SSSR count). The van der Waals surface area contributed by atoms with Crippen LogP contribution in [-0.2, 0) is 27.5 Å². The van der Waals surface area contributed by atoms with E-state index in [4.69, 9.17) is 9.47 Å². The van der Waals surface area contributed by atoms with Crippen molar-refractivity contribution in [3.8, 4) is 5.75 Å². The molecule has 198 valence electrons. The molecule has 1 N–H and O–H groups in total. The number of nitrogens with one attached hydrogen (secondary N) is 1. The standard InChI is InChI=1S/C30H28N4O4S/c1-20-27(29(36)37-2)28(23-11-6-12-25(14-23)38-18-21-8-4-3-5-9-21)34-24(19-39-30(34)33-20)15-26(35)32-17-22-10-7-13-31-16-22/h3-14,16,19,28H,15,17-18H2,1-2H3,(H,32,35). The maximum absolute atomic E-state index is 13.0. The van der Waals surface area contributed by atoms with Crippen molar-refractivity contribution >= 4 is 28.8 Å². The molecule has 1 unspecified atom stereocenters. The van der Waals surface area contributed by atoms with Crippen LogP contribution in [0.25, 0.3) is 0 Å². The molecule has 1 atom stereocenters. The van der Waals surface area contributed by atoms with Gasteiger partial charge in [-0.15, -0.1) is 0 Å². The van der Waals surface area contributed by atoms with Crippen molar-refractivity contribution < 1.29 is 19.1 Å². The Balaban J connectivity index is 1.40. The largest absolute Gasteiger partial charge is 0.489 e. The highest BCUT2D eigenvalue weighted by Crippen LogP contribution is 2.45. The van der Waals surface area contributed by atoms with E-state index in [0.29, 0.717) is 35.3 Å². The molecule has 0 saturated heterocycles. The third kappa shape index (κ3) is 6.04. The number of fused-ring (bicyclic) bond motifs is 1. The first-order valence-corrected chi connectivity index (χ1v) is 13.4. The number of methoxy groups -OCH3 is 1. The number of pyridine rings is 1. The van der Waals surface area contributed by atoms with Crippen molar-refractivity contribution in [3.05, 3.63) is 118 Å². The smallest absolute Gasteiger partial charge is 0.338 e. The Hall–Kier alpha value is -4.37. The lowest BCUT2D eigenvalue weighted by Crippen LogP contribution is -2.37. The zero-order chi connectivity index (χ0) is 27.2. The molecule has 3 heterocycles. The van der Waals surface area contributed by atoms with Crippen LogP contribution in [0.4, 0.5) is 0 Å². The van der Waals surface area contributed by atoms with Crippen molar-refractivity contribution in [1.29, 1.82) is 0 Å². The fraction of sp³-hybridized carbons (Fsp3) is 0.200. The second-order valence-electron chi connectivity index (χ2n) is 9.05. The zero-order valence-electron chi connectivity index (χ0n) is 21.7. The number of amides is 1. The minimum absolute atomic E-state index is 0.125. The van der Waals surface area contributed by atoms with Crippen LogP contribution in [0.1, 0.15) is 36.1 Å².